The first kappa shape index (κ1) is 24.3. The first-order valence-corrected chi connectivity index (χ1v) is 10.8. The highest BCUT2D eigenvalue weighted by Gasteiger charge is 2.25. The number of ether oxygens (including phenoxy) is 4. The van der Waals surface area contributed by atoms with Crippen molar-refractivity contribution in [1.82, 2.24) is 9.62 Å². The van der Waals surface area contributed by atoms with Gasteiger partial charge in [0.1, 0.15) is 11.5 Å². The maximum Gasteiger partial charge on any atom is 0.243 e. The first-order valence-electron chi connectivity index (χ1n) is 9.37. The summed E-state index contributed by atoms with van der Waals surface area (Å²) in [6, 6.07) is 9.06. The molecule has 10 heteroatoms. The minimum atomic E-state index is -3.92. The summed E-state index contributed by atoms with van der Waals surface area (Å²) >= 11 is 0. The molecular weight excluding hydrogens is 424 g/mol. The average molecular weight is 453 g/mol. The van der Waals surface area contributed by atoms with Gasteiger partial charge in [0.2, 0.25) is 15.9 Å². The molecule has 0 aliphatic carbocycles. The Labute approximate surface area is 182 Å². The number of likely N-dealkylation sites (N-methyl/N-ethyl adjacent to an activating group) is 1. The molecule has 0 heterocycles. The highest BCUT2D eigenvalue weighted by Crippen LogP contribution is 2.31. The fourth-order valence-electron chi connectivity index (χ4n) is 2.99. The van der Waals surface area contributed by atoms with Gasteiger partial charge in [0.25, 0.3) is 0 Å². The molecule has 0 saturated heterocycles. The second-order valence-electron chi connectivity index (χ2n) is 6.67. The molecule has 2 aromatic rings. The van der Waals surface area contributed by atoms with Gasteiger partial charge in [-0.3, -0.25) is 4.79 Å². The van der Waals surface area contributed by atoms with E-state index >= 15 is 0 Å². The lowest BCUT2D eigenvalue weighted by Crippen LogP contribution is -2.39. The fraction of sp³-hybridized carbons (Fsp3) is 0.381. The maximum atomic E-state index is 12.9. The van der Waals surface area contributed by atoms with Crippen molar-refractivity contribution in [2.75, 3.05) is 42.0 Å². The van der Waals surface area contributed by atoms with E-state index in [4.69, 9.17) is 18.9 Å². The Bertz CT molecular complexity index is 1020. The molecule has 0 aliphatic rings. The zero-order chi connectivity index (χ0) is 23.2. The lowest BCUT2D eigenvalue weighted by atomic mass is 10.1. The van der Waals surface area contributed by atoms with Crippen LogP contribution in [0.2, 0.25) is 0 Å². The lowest BCUT2D eigenvalue weighted by Gasteiger charge is -2.21. The van der Waals surface area contributed by atoms with Crippen LogP contribution >= 0.6 is 0 Å². The van der Waals surface area contributed by atoms with Crippen LogP contribution < -0.4 is 24.3 Å². The zero-order valence-electron chi connectivity index (χ0n) is 18.5. The molecule has 1 N–H and O–H groups in total. The van der Waals surface area contributed by atoms with E-state index in [0.29, 0.717) is 22.8 Å². The number of hydrogen-bond acceptors (Lipinski definition) is 7. The number of benzene rings is 2. The molecule has 0 bridgehead atoms. The van der Waals surface area contributed by atoms with Gasteiger partial charge < -0.3 is 24.3 Å². The summed E-state index contributed by atoms with van der Waals surface area (Å²) in [5.41, 5.74) is 0.709. The van der Waals surface area contributed by atoms with Crippen LogP contribution in [-0.4, -0.2) is 60.7 Å². The molecule has 0 aromatic heterocycles. The quantitative estimate of drug-likeness (QED) is 0.589. The topological polar surface area (TPSA) is 103 Å². The molecule has 2 rings (SSSR count). The smallest absolute Gasteiger partial charge is 0.243 e. The molecule has 1 amide bonds. The molecule has 0 radical (unpaired) electrons. The summed E-state index contributed by atoms with van der Waals surface area (Å²) in [7, 11) is 3.36. The van der Waals surface area contributed by atoms with Crippen molar-refractivity contribution in [2.45, 2.75) is 17.9 Å². The third-order valence-electron chi connectivity index (χ3n) is 4.71. The van der Waals surface area contributed by atoms with Crippen molar-refractivity contribution in [3.63, 3.8) is 0 Å². The normalized spacial score (nSPS) is 12.2. The monoisotopic (exact) mass is 452 g/mol. The van der Waals surface area contributed by atoms with E-state index in [0.717, 1.165) is 4.31 Å². The Hall–Kier alpha value is -2.98. The van der Waals surface area contributed by atoms with Gasteiger partial charge in [0, 0.05) is 18.7 Å². The van der Waals surface area contributed by atoms with Crippen LogP contribution in [0.15, 0.2) is 41.3 Å². The van der Waals surface area contributed by atoms with E-state index in [1.165, 1.54) is 46.6 Å². The molecule has 31 heavy (non-hydrogen) atoms. The van der Waals surface area contributed by atoms with Gasteiger partial charge in [0.15, 0.2) is 11.5 Å². The van der Waals surface area contributed by atoms with E-state index in [1.807, 2.05) is 0 Å². The number of rotatable bonds is 10. The Kier molecular flexibility index (Phi) is 8.12. The van der Waals surface area contributed by atoms with Gasteiger partial charge in [-0.05, 0) is 37.3 Å². The number of nitrogens with one attached hydrogen (secondary N) is 1. The number of amides is 1. The van der Waals surface area contributed by atoms with Crippen LogP contribution in [0.4, 0.5) is 0 Å². The van der Waals surface area contributed by atoms with Crippen molar-refractivity contribution in [3.8, 4) is 23.0 Å². The summed E-state index contributed by atoms with van der Waals surface area (Å²) in [6.07, 6.45) is 0. The van der Waals surface area contributed by atoms with E-state index in [-0.39, 0.29) is 17.2 Å². The lowest BCUT2D eigenvalue weighted by molar-refractivity contribution is -0.121. The molecule has 0 spiro atoms. The molecule has 9 nitrogen and oxygen atoms in total. The van der Waals surface area contributed by atoms with Crippen molar-refractivity contribution >= 4 is 15.9 Å². The Morgan fingerprint density at radius 1 is 0.935 bits per heavy atom. The largest absolute Gasteiger partial charge is 0.497 e. The van der Waals surface area contributed by atoms with E-state index in [2.05, 4.69) is 5.32 Å². The maximum absolute atomic E-state index is 12.9. The summed E-state index contributed by atoms with van der Waals surface area (Å²) in [5, 5.41) is 2.79. The third kappa shape index (κ3) is 5.59. The van der Waals surface area contributed by atoms with Crippen LogP contribution in [0.5, 0.6) is 23.0 Å². The summed E-state index contributed by atoms with van der Waals surface area (Å²) < 4.78 is 47.6. The number of nitrogens with zero attached hydrogens (tertiary/aromatic N) is 1. The Morgan fingerprint density at radius 2 is 1.55 bits per heavy atom. The van der Waals surface area contributed by atoms with Gasteiger partial charge in [-0.15, -0.1) is 0 Å². The molecule has 0 fully saturated rings. The number of methoxy groups -OCH3 is 4. The SMILES string of the molecule is COc1ccc(OC)c([C@@H](C)NC(=O)CN(C)S(=O)(=O)c2ccc(OC)c(OC)c2)c1. The second kappa shape index (κ2) is 10.4. The third-order valence-corrected chi connectivity index (χ3v) is 6.51. The standard InChI is InChI=1S/C21H28N2O7S/c1-14(17-11-15(27-3)7-9-18(17)28-4)22-21(24)13-23(2)31(25,26)16-8-10-19(29-5)20(12-16)30-6/h7-12,14H,13H2,1-6H3,(H,22,24)/t14-/m1/s1. The van der Waals surface area contributed by atoms with Gasteiger partial charge >= 0.3 is 0 Å². The highest BCUT2D eigenvalue weighted by molar-refractivity contribution is 7.89. The number of sulfonamides is 1. The van der Waals surface area contributed by atoms with Crippen LogP contribution in [0.1, 0.15) is 18.5 Å². The molecule has 2 aromatic carbocycles. The van der Waals surface area contributed by atoms with Crippen molar-refractivity contribution in [3.05, 3.63) is 42.0 Å². The summed E-state index contributed by atoms with van der Waals surface area (Å²) in [5.74, 6) is 1.41. The molecule has 170 valence electrons. The van der Waals surface area contributed by atoms with Gasteiger partial charge in [0.05, 0.1) is 45.9 Å². The predicted octanol–water partition coefficient (Wildman–Crippen LogP) is 2.22. The van der Waals surface area contributed by atoms with E-state index in [1.54, 1.807) is 32.2 Å². The number of carbonyl (C=O) groups excluding carboxylic acids is 1. The van der Waals surface area contributed by atoms with Gasteiger partial charge in [-0.2, -0.15) is 4.31 Å². The van der Waals surface area contributed by atoms with Crippen molar-refractivity contribution in [1.29, 1.82) is 0 Å². The van der Waals surface area contributed by atoms with Crippen LogP contribution in [-0.2, 0) is 14.8 Å². The first-order chi connectivity index (χ1) is 14.7. The molecular formula is C21H28N2O7S. The Morgan fingerprint density at radius 3 is 2.13 bits per heavy atom. The fourth-order valence-corrected chi connectivity index (χ4v) is 4.13. The number of carbonyl (C=O) groups is 1. The summed E-state index contributed by atoms with van der Waals surface area (Å²) in [4.78, 5) is 12.5. The van der Waals surface area contributed by atoms with E-state index < -0.39 is 22.0 Å². The van der Waals surface area contributed by atoms with Crippen LogP contribution in [0.25, 0.3) is 0 Å². The average Bonchev–Trinajstić information content (AvgIpc) is 2.77. The number of hydrogen-bond donors (Lipinski definition) is 1. The zero-order valence-corrected chi connectivity index (χ0v) is 19.3. The van der Waals surface area contributed by atoms with Crippen molar-refractivity contribution < 1.29 is 32.2 Å². The van der Waals surface area contributed by atoms with Crippen LogP contribution in [0.3, 0.4) is 0 Å². The van der Waals surface area contributed by atoms with Crippen molar-refractivity contribution in [2.24, 2.45) is 0 Å². The minimum absolute atomic E-state index is 0.0111. The molecule has 0 aliphatic heterocycles. The highest BCUT2D eigenvalue weighted by atomic mass is 32.2. The van der Waals surface area contributed by atoms with Crippen LogP contribution in [0, 0.1) is 0 Å². The van der Waals surface area contributed by atoms with E-state index in [9.17, 15) is 13.2 Å². The molecule has 0 unspecified atom stereocenters. The summed E-state index contributed by atoms with van der Waals surface area (Å²) in [6.45, 7) is 1.41. The Balaban J connectivity index is 2.15. The van der Waals surface area contributed by atoms with Gasteiger partial charge in [-0.1, -0.05) is 0 Å². The predicted molar refractivity (Wildman–Crippen MR) is 115 cm³/mol. The second-order valence-corrected chi connectivity index (χ2v) is 8.72. The van der Waals surface area contributed by atoms with Gasteiger partial charge in [-0.25, -0.2) is 8.42 Å². The molecule has 1 atom stereocenters. The minimum Gasteiger partial charge on any atom is -0.497 e. The molecule has 0 saturated carbocycles.